The van der Waals surface area contributed by atoms with Crippen LogP contribution in [0.1, 0.15) is 29.7 Å². The molecule has 2 aliphatic rings. The van der Waals surface area contributed by atoms with Crippen molar-refractivity contribution >= 4 is 6.03 Å². The van der Waals surface area contributed by atoms with Crippen LogP contribution in [0.4, 0.5) is 4.79 Å². The molecule has 0 radical (unpaired) electrons. The van der Waals surface area contributed by atoms with Crippen molar-refractivity contribution in [3.8, 4) is 0 Å². The molecule has 0 spiro atoms. The average molecular weight is 307 g/mol. The van der Waals surface area contributed by atoms with Crippen molar-refractivity contribution in [3.05, 3.63) is 17.2 Å². The van der Waals surface area contributed by atoms with Crippen LogP contribution in [0.15, 0.2) is 0 Å². The lowest BCUT2D eigenvalue weighted by Gasteiger charge is -2.25. The number of aromatic amines is 1. The van der Waals surface area contributed by atoms with Crippen molar-refractivity contribution in [2.45, 2.75) is 32.4 Å². The summed E-state index contributed by atoms with van der Waals surface area (Å²) in [6.07, 6.45) is 1.16. The number of hydrogen-bond donors (Lipinski definition) is 2. The van der Waals surface area contributed by atoms with Crippen molar-refractivity contribution < 1.29 is 9.53 Å². The SMILES string of the molecule is CO[C@@H]1C[C@@H](c2nc(C)c(C)[nH]2)N(CCN2CCNC2=O)C1. The number of H-pyrrole nitrogens is 1. The van der Waals surface area contributed by atoms with Crippen molar-refractivity contribution in [3.63, 3.8) is 0 Å². The number of carbonyl (C=O) groups excluding carboxylic acids is 1. The number of aromatic nitrogens is 2. The number of carbonyl (C=O) groups is 1. The predicted molar refractivity (Wildman–Crippen MR) is 82.8 cm³/mol. The zero-order valence-electron chi connectivity index (χ0n) is 13.6. The fourth-order valence-electron chi connectivity index (χ4n) is 3.27. The minimum atomic E-state index is 0.0451. The Morgan fingerprint density at radius 1 is 1.36 bits per heavy atom. The number of rotatable bonds is 5. The lowest BCUT2D eigenvalue weighted by Crippen LogP contribution is -2.37. The van der Waals surface area contributed by atoms with E-state index in [2.05, 4.69) is 20.2 Å². The molecule has 3 rings (SSSR count). The Morgan fingerprint density at radius 3 is 2.77 bits per heavy atom. The maximum absolute atomic E-state index is 11.7. The summed E-state index contributed by atoms with van der Waals surface area (Å²) in [5.41, 5.74) is 2.17. The summed E-state index contributed by atoms with van der Waals surface area (Å²) >= 11 is 0. The topological polar surface area (TPSA) is 73.5 Å². The molecule has 0 aliphatic carbocycles. The molecule has 0 aromatic carbocycles. The summed E-state index contributed by atoms with van der Waals surface area (Å²) in [7, 11) is 1.76. The van der Waals surface area contributed by atoms with Crippen LogP contribution in [0.3, 0.4) is 0 Å². The largest absolute Gasteiger partial charge is 0.380 e. The van der Waals surface area contributed by atoms with Crippen molar-refractivity contribution in [1.82, 2.24) is 25.1 Å². The molecule has 2 aliphatic heterocycles. The van der Waals surface area contributed by atoms with Crippen LogP contribution in [0.25, 0.3) is 0 Å². The van der Waals surface area contributed by atoms with Gasteiger partial charge in [0.2, 0.25) is 0 Å². The molecular weight excluding hydrogens is 282 g/mol. The summed E-state index contributed by atoms with van der Waals surface area (Å²) in [6.45, 7) is 8.09. The van der Waals surface area contributed by atoms with Gasteiger partial charge in [-0.15, -0.1) is 0 Å². The quantitative estimate of drug-likeness (QED) is 0.844. The van der Waals surface area contributed by atoms with Crippen LogP contribution in [0.2, 0.25) is 0 Å². The van der Waals surface area contributed by atoms with Gasteiger partial charge in [0.05, 0.1) is 17.8 Å². The van der Waals surface area contributed by atoms with E-state index in [0.29, 0.717) is 0 Å². The molecule has 0 bridgehead atoms. The first kappa shape index (κ1) is 15.3. The second-order valence-electron chi connectivity index (χ2n) is 6.16. The van der Waals surface area contributed by atoms with E-state index in [-0.39, 0.29) is 18.2 Å². The van der Waals surface area contributed by atoms with Crippen LogP contribution in [-0.2, 0) is 4.74 Å². The molecule has 7 heteroatoms. The maximum atomic E-state index is 11.7. The van der Waals surface area contributed by atoms with Gasteiger partial charge in [-0.3, -0.25) is 4.90 Å². The van der Waals surface area contributed by atoms with Crippen molar-refractivity contribution in [1.29, 1.82) is 0 Å². The number of likely N-dealkylation sites (tertiary alicyclic amines) is 1. The van der Waals surface area contributed by atoms with E-state index in [1.807, 2.05) is 18.7 Å². The standard InChI is InChI=1S/C15H25N5O2/c1-10-11(2)18-14(17-10)13-8-12(22-3)9-20(13)7-6-19-5-4-16-15(19)21/h12-13H,4-9H2,1-3H3,(H,16,21)(H,17,18)/t12-,13+/m1/s1. The molecule has 2 amide bonds. The zero-order valence-corrected chi connectivity index (χ0v) is 13.6. The van der Waals surface area contributed by atoms with E-state index in [1.54, 1.807) is 7.11 Å². The van der Waals surface area contributed by atoms with E-state index in [1.165, 1.54) is 0 Å². The fraction of sp³-hybridized carbons (Fsp3) is 0.733. The minimum absolute atomic E-state index is 0.0451. The number of nitrogens with one attached hydrogen (secondary N) is 2. The summed E-state index contributed by atoms with van der Waals surface area (Å²) in [6, 6.07) is 0.284. The number of nitrogens with zero attached hydrogens (tertiary/aromatic N) is 3. The highest BCUT2D eigenvalue weighted by Crippen LogP contribution is 2.32. The van der Waals surface area contributed by atoms with Crippen LogP contribution < -0.4 is 5.32 Å². The molecule has 2 N–H and O–H groups in total. The number of methoxy groups -OCH3 is 1. The van der Waals surface area contributed by atoms with Gasteiger partial charge in [0, 0.05) is 45.5 Å². The Labute approximate surface area is 131 Å². The molecule has 0 unspecified atom stereocenters. The second kappa shape index (κ2) is 6.26. The Kier molecular flexibility index (Phi) is 4.35. The van der Waals surface area contributed by atoms with Gasteiger partial charge in [-0.05, 0) is 20.3 Å². The fourth-order valence-corrected chi connectivity index (χ4v) is 3.27. The van der Waals surface area contributed by atoms with Gasteiger partial charge in [0.25, 0.3) is 0 Å². The highest BCUT2D eigenvalue weighted by atomic mass is 16.5. The normalized spacial score (nSPS) is 26.0. The molecule has 7 nitrogen and oxygen atoms in total. The molecule has 22 heavy (non-hydrogen) atoms. The smallest absolute Gasteiger partial charge is 0.317 e. The Balaban J connectivity index is 1.68. The molecular formula is C15H25N5O2. The van der Waals surface area contributed by atoms with Gasteiger partial charge in [-0.25, -0.2) is 9.78 Å². The Hall–Kier alpha value is -1.60. The highest BCUT2D eigenvalue weighted by Gasteiger charge is 2.35. The van der Waals surface area contributed by atoms with Crippen LogP contribution in [-0.4, -0.2) is 71.7 Å². The first-order chi connectivity index (χ1) is 10.6. The molecule has 3 heterocycles. The number of aryl methyl sites for hydroxylation is 2. The first-order valence-corrected chi connectivity index (χ1v) is 7.91. The minimum Gasteiger partial charge on any atom is -0.380 e. The lowest BCUT2D eigenvalue weighted by atomic mass is 10.2. The Bertz CT molecular complexity index is 525. The number of ether oxygens (including phenoxy) is 1. The monoisotopic (exact) mass is 307 g/mol. The summed E-state index contributed by atoms with van der Waals surface area (Å²) in [5.74, 6) is 1.01. The zero-order chi connectivity index (χ0) is 15.7. The summed E-state index contributed by atoms with van der Waals surface area (Å²) < 4.78 is 5.55. The highest BCUT2D eigenvalue weighted by molar-refractivity contribution is 5.76. The number of amides is 2. The van der Waals surface area contributed by atoms with E-state index >= 15 is 0 Å². The van der Waals surface area contributed by atoms with Crippen LogP contribution in [0.5, 0.6) is 0 Å². The summed E-state index contributed by atoms with van der Waals surface area (Å²) in [5, 5.41) is 2.84. The van der Waals surface area contributed by atoms with Crippen molar-refractivity contribution in [2.24, 2.45) is 0 Å². The molecule has 0 saturated carbocycles. The molecule has 2 saturated heterocycles. The van der Waals surface area contributed by atoms with Crippen LogP contribution >= 0.6 is 0 Å². The number of imidazole rings is 1. The van der Waals surface area contributed by atoms with Gasteiger partial charge in [0.1, 0.15) is 5.82 Å². The molecule has 1 aromatic rings. The van der Waals surface area contributed by atoms with Gasteiger partial charge in [0.15, 0.2) is 0 Å². The third-order valence-corrected chi connectivity index (χ3v) is 4.76. The van der Waals surface area contributed by atoms with E-state index in [0.717, 1.165) is 56.4 Å². The van der Waals surface area contributed by atoms with Gasteiger partial charge in [-0.1, -0.05) is 0 Å². The van der Waals surface area contributed by atoms with E-state index in [4.69, 9.17) is 4.74 Å². The molecule has 1 aromatic heterocycles. The van der Waals surface area contributed by atoms with Crippen LogP contribution in [0, 0.1) is 13.8 Å². The number of urea groups is 1. The molecule has 2 fully saturated rings. The van der Waals surface area contributed by atoms with Gasteiger partial charge in [-0.2, -0.15) is 0 Å². The van der Waals surface area contributed by atoms with E-state index in [9.17, 15) is 4.79 Å². The van der Waals surface area contributed by atoms with Crippen molar-refractivity contribution in [2.75, 3.05) is 39.8 Å². The average Bonchev–Trinajstić information content (AvgIpc) is 3.17. The first-order valence-electron chi connectivity index (χ1n) is 7.91. The second-order valence-corrected chi connectivity index (χ2v) is 6.16. The van der Waals surface area contributed by atoms with Gasteiger partial charge < -0.3 is 19.9 Å². The summed E-state index contributed by atoms with van der Waals surface area (Å²) in [4.78, 5) is 24.0. The molecule has 122 valence electrons. The third kappa shape index (κ3) is 2.96. The third-order valence-electron chi connectivity index (χ3n) is 4.76. The Morgan fingerprint density at radius 2 is 2.18 bits per heavy atom. The van der Waals surface area contributed by atoms with Gasteiger partial charge >= 0.3 is 6.03 Å². The number of hydrogen-bond acceptors (Lipinski definition) is 4. The predicted octanol–water partition coefficient (Wildman–Crippen LogP) is 0.814. The van der Waals surface area contributed by atoms with E-state index < -0.39 is 0 Å². The lowest BCUT2D eigenvalue weighted by molar-refractivity contribution is 0.107. The maximum Gasteiger partial charge on any atom is 0.317 e. The molecule has 2 atom stereocenters.